The number of aryl methyl sites for hydroxylation is 1. The van der Waals surface area contributed by atoms with Crippen molar-refractivity contribution in [3.8, 4) is 5.75 Å². The third kappa shape index (κ3) is 3.17. The van der Waals surface area contributed by atoms with Gasteiger partial charge in [0.1, 0.15) is 5.75 Å². The Morgan fingerprint density at radius 2 is 1.79 bits per heavy atom. The average Bonchev–Trinajstić information content (AvgIpc) is 2.36. The van der Waals surface area contributed by atoms with Crippen molar-refractivity contribution in [3.63, 3.8) is 0 Å². The van der Waals surface area contributed by atoms with Gasteiger partial charge in [-0.2, -0.15) is 0 Å². The zero-order valence-electron chi connectivity index (χ0n) is 12.4. The Morgan fingerprint density at radius 3 is 2.32 bits per heavy atom. The summed E-state index contributed by atoms with van der Waals surface area (Å²) in [5.74, 6) is 2.69. The molecule has 0 aliphatic heterocycles. The van der Waals surface area contributed by atoms with Gasteiger partial charge in [-0.15, -0.1) is 0 Å². The second kappa shape index (κ2) is 5.77. The van der Waals surface area contributed by atoms with Crippen LogP contribution < -0.4 is 4.74 Å². The van der Waals surface area contributed by atoms with Gasteiger partial charge in [-0.05, 0) is 61.8 Å². The van der Waals surface area contributed by atoms with Crippen LogP contribution in [0.1, 0.15) is 49.0 Å². The molecule has 0 bridgehead atoms. The van der Waals surface area contributed by atoms with E-state index >= 15 is 0 Å². The summed E-state index contributed by atoms with van der Waals surface area (Å²) in [6.45, 7) is 6.51. The first-order valence-electron chi connectivity index (χ1n) is 7.20. The summed E-state index contributed by atoms with van der Waals surface area (Å²) in [5.41, 5.74) is 1.87. The van der Waals surface area contributed by atoms with Crippen molar-refractivity contribution < 1.29 is 9.53 Å². The second-order valence-corrected chi connectivity index (χ2v) is 6.16. The molecule has 1 aliphatic rings. The number of hydrogen-bond donors (Lipinski definition) is 0. The van der Waals surface area contributed by atoms with Gasteiger partial charge in [0.25, 0.3) is 0 Å². The van der Waals surface area contributed by atoms with Crippen LogP contribution in [0, 0.1) is 24.7 Å². The Kier molecular flexibility index (Phi) is 4.28. The maximum atomic E-state index is 12.6. The van der Waals surface area contributed by atoms with Crippen LogP contribution >= 0.6 is 0 Å². The predicted octanol–water partition coefficient (Wildman–Crippen LogP) is 4.26. The molecule has 2 rings (SSSR count). The van der Waals surface area contributed by atoms with E-state index in [1.54, 1.807) is 7.11 Å². The summed E-state index contributed by atoms with van der Waals surface area (Å²) in [6, 6.07) is 5.77. The van der Waals surface area contributed by atoms with E-state index < -0.39 is 0 Å². The molecule has 2 heteroatoms. The van der Waals surface area contributed by atoms with Gasteiger partial charge in [-0.1, -0.05) is 13.8 Å². The lowest BCUT2D eigenvalue weighted by atomic mass is 9.74. The highest BCUT2D eigenvalue weighted by atomic mass is 16.5. The van der Waals surface area contributed by atoms with Crippen molar-refractivity contribution in [1.82, 2.24) is 0 Å². The first kappa shape index (κ1) is 14.1. The maximum absolute atomic E-state index is 12.6. The Balaban J connectivity index is 2.17. The summed E-state index contributed by atoms with van der Waals surface area (Å²) >= 11 is 0. The fraction of sp³-hybridized carbons (Fsp3) is 0.588. The monoisotopic (exact) mass is 260 g/mol. The van der Waals surface area contributed by atoms with Crippen molar-refractivity contribution in [3.05, 3.63) is 29.3 Å². The van der Waals surface area contributed by atoms with Crippen LogP contribution in [-0.2, 0) is 0 Å². The number of hydrogen-bond acceptors (Lipinski definition) is 2. The molecule has 0 aromatic heterocycles. The molecule has 2 nitrogen and oxygen atoms in total. The standard InChI is InChI=1S/C17H24O2/c1-11-7-12(2)9-15(8-11)17(18)14-5-6-16(19-4)13(3)10-14/h5-6,10-12,15H,7-9H2,1-4H3. The van der Waals surface area contributed by atoms with Gasteiger partial charge in [0, 0.05) is 11.5 Å². The van der Waals surface area contributed by atoms with E-state index in [-0.39, 0.29) is 5.92 Å². The first-order valence-corrected chi connectivity index (χ1v) is 7.20. The van der Waals surface area contributed by atoms with Crippen molar-refractivity contribution in [2.45, 2.75) is 40.0 Å². The summed E-state index contributed by atoms with van der Waals surface area (Å²) in [4.78, 5) is 12.6. The summed E-state index contributed by atoms with van der Waals surface area (Å²) in [7, 11) is 1.66. The quantitative estimate of drug-likeness (QED) is 0.759. The summed E-state index contributed by atoms with van der Waals surface area (Å²) < 4.78 is 5.25. The van der Waals surface area contributed by atoms with E-state index in [1.807, 2.05) is 25.1 Å². The first-order chi connectivity index (χ1) is 9.01. The van der Waals surface area contributed by atoms with Crippen LogP contribution in [-0.4, -0.2) is 12.9 Å². The molecule has 0 amide bonds. The number of carbonyl (C=O) groups is 1. The van der Waals surface area contributed by atoms with Gasteiger partial charge in [-0.3, -0.25) is 4.79 Å². The highest BCUT2D eigenvalue weighted by Gasteiger charge is 2.29. The molecule has 1 fully saturated rings. The number of methoxy groups -OCH3 is 1. The number of ketones is 1. The van der Waals surface area contributed by atoms with Gasteiger partial charge in [-0.25, -0.2) is 0 Å². The van der Waals surface area contributed by atoms with Gasteiger partial charge in [0.2, 0.25) is 0 Å². The lowest BCUT2D eigenvalue weighted by Crippen LogP contribution is -2.26. The van der Waals surface area contributed by atoms with Crippen LogP contribution in [0.4, 0.5) is 0 Å². The molecule has 19 heavy (non-hydrogen) atoms. The van der Waals surface area contributed by atoms with E-state index in [1.165, 1.54) is 6.42 Å². The highest BCUT2D eigenvalue weighted by Crippen LogP contribution is 2.35. The molecule has 0 saturated heterocycles. The highest BCUT2D eigenvalue weighted by molar-refractivity contribution is 5.98. The Hall–Kier alpha value is -1.31. The molecule has 2 unspecified atom stereocenters. The number of ether oxygens (including phenoxy) is 1. The summed E-state index contributed by atoms with van der Waals surface area (Å²) in [6.07, 6.45) is 3.33. The average molecular weight is 260 g/mol. The van der Waals surface area contributed by atoms with Gasteiger partial charge >= 0.3 is 0 Å². The number of carbonyl (C=O) groups excluding carboxylic acids is 1. The normalized spacial score (nSPS) is 27.1. The van der Waals surface area contributed by atoms with E-state index in [4.69, 9.17) is 4.74 Å². The molecule has 0 heterocycles. The second-order valence-electron chi connectivity index (χ2n) is 6.16. The molecule has 1 aliphatic carbocycles. The van der Waals surface area contributed by atoms with Crippen molar-refractivity contribution in [2.75, 3.05) is 7.11 Å². The molecule has 0 radical (unpaired) electrons. The third-order valence-electron chi connectivity index (χ3n) is 4.23. The predicted molar refractivity (Wildman–Crippen MR) is 77.7 cm³/mol. The fourth-order valence-electron chi connectivity index (χ4n) is 3.43. The zero-order chi connectivity index (χ0) is 14.0. The molecule has 1 aromatic rings. The summed E-state index contributed by atoms with van der Waals surface area (Å²) in [5, 5.41) is 0. The minimum absolute atomic E-state index is 0.201. The molecule has 0 N–H and O–H groups in total. The third-order valence-corrected chi connectivity index (χ3v) is 4.23. The molecule has 104 valence electrons. The van der Waals surface area contributed by atoms with E-state index in [2.05, 4.69) is 13.8 Å². The molecule has 1 saturated carbocycles. The van der Waals surface area contributed by atoms with Crippen LogP contribution in [0.15, 0.2) is 18.2 Å². The van der Waals surface area contributed by atoms with Gasteiger partial charge in [0.15, 0.2) is 5.78 Å². The maximum Gasteiger partial charge on any atom is 0.165 e. The largest absolute Gasteiger partial charge is 0.496 e. The van der Waals surface area contributed by atoms with Crippen LogP contribution in [0.3, 0.4) is 0 Å². The zero-order valence-corrected chi connectivity index (χ0v) is 12.4. The Morgan fingerprint density at radius 1 is 1.16 bits per heavy atom. The van der Waals surface area contributed by atoms with Crippen molar-refractivity contribution in [1.29, 1.82) is 0 Å². The van der Waals surface area contributed by atoms with Gasteiger partial charge in [0.05, 0.1) is 7.11 Å². The number of rotatable bonds is 3. The smallest absolute Gasteiger partial charge is 0.165 e. The van der Waals surface area contributed by atoms with E-state index in [0.29, 0.717) is 17.6 Å². The van der Waals surface area contributed by atoms with Crippen LogP contribution in [0.5, 0.6) is 5.75 Å². The minimum Gasteiger partial charge on any atom is -0.496 e. The molecular weight excluding hydrogens is 236 g/mol. The molecular formula is C17H24O2. The van der Waals surface area contributed by atoms with E-state index in [0.717, 1.165) is 29.7 Å². The SMILES string of the molecule is COc1ccc(C(=O)C2CC(C)CC(C)C2)cc1C. The lowest BCUT2D eigenvalue weighted by molar-refractivity contribution is 0.0836. The van der Waals surface area contributed by atoms with E-state index in [9.17, 15) is 4.79 Å². The number of benzene rings is 1. The van der Waals surface area contributed by atoms with Crippen molar-refractivity contribution >= 4 is 5.78 Å². The molecule has 2 atom stereocenters. The molecule has 0 spiro atoms. The molecule has 1 aromatic carbocycles. The fourth-order valence-corrected chi connectivity index (χ4v) is 3.43. The minimum atomic E-state index is 0.201. The van der Waals surface area contributed by atoms with Crippen LogP contribution in [0.2, 0.25) is 0 Å². The number of Topliss-reactive ketones (excluding diaryl/α,β-unsaturated/α-hetero) is 1. The Bertz CT molecular complexity index is 454. The lowest BCUT2D eigenvalue weighted by Gasteiger charge is -2.30. The van der Waals surface area contributed by atoms with Crippen molar-refractivity contribution in [2.24, 2.45) is 17.8 Å². The topological polar surface area (TPSA) is 26.3 Å². The van der Waals surface area contributed by atoms with Crippen LogP contribution in [0.25, 0.3) is 0 Å². The van der Waals surface area contributed by atoms with Gasteiger partial charge < -0.3 is 4.74 Å². The Labute approximate surface area is 116 Å².